The molecule has 0 saturated heterocycles. The zero-order valence-electron chi connectivity index (χ0n) is 11.7. The van der Waals surface area contributed by atoms with Crippen molar-refractivity contribution >= 4 is 23.3 Å². The molecule has 0 saturated carbocycles. The standard InChI is InChI=1S/C14H9ClF2N2O4/c1-21-14(20)12-7(15)10(18)9(17)11(19-12)5-2-3-6-13(8(5)16)23-4-22-6/h2-3H,4H2,1H3,(H2,18,19). The van der Waals surface area contributed by atoms with E-state index in [4.69, 9.17) is 26.8 Å². The lowest BCUT2D eigenvalue weighted by atomic mass is 10.1. The summed E-state index contributed by atoms with van der Waals surface area (Å²) in [6.07, 6.45) is 0. The molecule has 0 unspecified atom stereocenters. The third kappa shape index (κ3) is 2.31. The van der Waals surface area contributed by atoms with Crippen LogP contribution in [0.5, 0.6) is 11.5 Å². The monoisotopic (exact) mass is 342 g/mol. The molecule has 23 heavy (non-hydrogen) atoms. The predicted molar refractivity (Wildman–Crippen MR) is 76.5 cm³/mol. The van der Waals surface area contributed by atoms with Crippen LogP contribution in [0.4, 0.5) is 14.5 Å². The van der Waals surface area contributed by atoms with Crippen LogP contribution in [0.25, 0.3) is 11.3 Å². The number of rotatable bonds is 2. The van der Waals surface area contributed by atoms with Crippen molar-refractivity contribution in [1.82, 2.24) is 4.98 Å². The second-order valence-corrected chi connectivity index (χ2v) is 4.88. The Morgan fingerprint density at radius 2 is 2.09 bits per heavy atom. The Bertz CT molecular complexity index is 829. The van der Waals surface area contributed by atoms with Gasteiger partial charge in [0.05, 0.1) is 17.8 Å². The van der Waals surface area contributed by atoms with Gasteiger partial charge in [0.1, 0.15) is 5.69 Å². The summed E-state index contributed by atoms with van der Waals surface area (Å²) in [6.45, 7) is -0.151. The van der Waals surface area contributed by atoms with Crippen LogP contribution in [0.2, 0.25) is 5.02 Å². The Kier molecular flexibility index (Phi) is 3.69. The van der Waals surface area contributed by atoms with Crippen LogP contribution in [0.3, 0.4) is 0 Å². The highest BCUT2D eigenvalue weighted by Gasteiger charge is 2.27. The predicted octanol–water partition coefficient (Wildman–Crippen LogP) is 2.78. The number of hydrogen-bond donors (Lipinski definition) is 1. The zero-order valence-corrected chi connectivity index (χ0v) is 12.4. The molecule has 1 aliphatic heterocycles. The average molecular weight is 343 g/mol. The summed E-state index contributed by atoms with van der Waals surface area (Å²) >= 11 is 5.80. The molecule has 120 valence electrons. The molecular formula is C14H9ClF2N2O4. The molecule has 6 nitrogen and oxygen atoms in total. The van der Waals surface area contributed by atoms with Crippen molar-refractivity contribution in [1.29, 1.82) is 0 Å². The molecule has 2 N–H and O–H groups in total. The zero-order chi connectivity index (χ0) is 16.7. The van der Waals surface area contributed by atoms with E-state index in [1.807, 2.05) is 0 Å². The number of carbonyl (C=O) groups excluding carboxylic acids is 1. The van der Waals surface area contributed by atoms with E-state index in [9.17, 15) is 13.6 Å². The average Bonchev–Trinajstić information content (AvgIpc) is 3.03. The first-order valence-corrected chi connectivity index (χ1v) is 6.64. The Morgan fingerprint density at radius 3 is 2.78 bits per heavy atom. The number of ether oxygens (including phenoxy) is 3. The van der Waals surface area contributed by atoms with Gasteiger partial charge >= 0.3 is 5.97 Å². The molecule has 9 heteroatoms. The van der Waals surface area contributed by atoms with E-state index in [1.165, 1.54) is 12.1 Å². The first-order valence-electron chi connectivity index (χ1n) is 6.27. The van der Waals surface area contributed by atoms with Gasteiger partial charge in [0.25, 0.3) is 0 Å². The van der Waals surface area contributed by atoms with Gasteiger partial charge in [-0.2, -0.15) is 0 Å². The van der Waals surface area contributed by atoms with Gasteiger partial charge in [-0.3, -0.25) is 0 Å². The summed E-state index contributed by atoms with van der Waals surface area (Å²) in [5, 5.41) is -0.403. The van der Waals surface area contributed by atoms with Crippen molar-refractivity contribution in [2.45, 2.75) is 0 Å². The fraction of sp³-hybridized carbons (Fsp3) is 0.143. The van der Waals surface area contributed by atoms with Crippen LogP contribution in [0.15, 0.2) is 12.1 Å². The molecule has 2 aromatic rings. The minimum atomic E-state index is -1.06. The van der Waals surface area contributed by atoms with Gasteiger partial charge in [-0.25, -0.2) is 18.6 Å². The Hall–Kier alpha value is -2.61. The molecule has 0 amide bonds. The number of nitrogens with two attached hydrogens (primary N) is 1. The van der Waals surface area contributed by atoms with Crippen molar-refractivity contribution in [2.75, 3.05) is 19.6 Å². The maximum atomic E-state index is 14.5. The van der Waals surface area contributed by atoms with E-state index < -0.39 is 39.7 Å². The summed E-state index contributed by atoms with van der Waals surface area (Å²) in [7, 11) is 1.10. The number of halogens is 3. The lowest BCUT2D eigenvalue weighted by Gasteiger charge is -2.11. The molecule has 0 bridgehead atoms. The number of nitrogen functional groups attached to an aromatic ring is 1. The van der Waals surface area contributed by atoms with E-state index in [1.54, 1.807) is 0 Å². The molecule has 1 aromatic carbocycles. The van der Waals surface area contributed by atoms with Gasteiger partial charge in [0.2, 0.25) is 12.5 Å². The highest BCUT2D eigenvalue weighted by Crippen LogP contribution is 2.41. The Labute approximate surface area is 133 Å². The van der Waals surface area contributed by atoms with Crippen molar-refractivity contribution < 1.29 is 27.8 Å². The minimum Gasteiger partial charge on any atom is -0.464 e. The van der Waals surface area contributed by atoms with Crippen LogP contribution in [-0.2, 0) is 4.74 Å². The highest BCUT2D eigenvalue weighted by molar-refractivity contribution is 6.35. The number of anilines is 1. The van der Waals surface area contributed by atoms with Crippen molar-refractivity contribution in [3.63, 3.8) is 0 Å². The fourth-order valence-corrected chi connectivity index (χ4v) is 2.30. The van der Waals surface area contributed by atoms with E-state index in [2.05, 4.69) is 9.72 Å². The number of aromatic nitrogens is 1. The third-order valence-electron chi connectivity index (χ3n) is 3.22. The van der Waals surface area contributed by atoms with Gasteiger partial charge in [-0.1, -0.05) is 11.6 Å². The summed E-state index contributed by atoms with van der Waals surface area (Å²) < 4.78 is 43.4. The molecule has 1 aliphatic rings. The van der Waals surface area contributed by atoms with Gasteiger partial charge in [0.15, 0.2) is 23.1 Å². The summed E-state index contributed by atoms with van der Waals surface area (Å²) in [4.78, 5) is 15.4. The summed E-state index contributed by atoms with van der Waals surface area (Å²) in [5.41, 5.74) is 3.86. The molecule has 2 heterocycles. The summed E-state index contributed by atoms with van der Waals surface area (Å²) in [5.74, 6) is -2.85. The normalized spacial score (nSPS) is 12.3. The molecular weight excluding hydrogens is 334 g/mol. The minimum absolute atomic E-state index is 0.151. The number of carbonyl (C=O) groups is 1. The number of fused-ring (bicyclic) bond motifs is 1. The third-order valence-corrected chi connectivity index (χ3v) is 3.61. The molecule has 1 aromatic heterocycles. The number of esters is 1. The van der Waals surface area contributed by atoms with Crippen LogP contribution in [-0.4, -0.2) is 24.9 Å². The van der Waals surface area contributed by atoms with Crippen LogP contribution in [0.1, 0.15) is 10.5 Å². The first-order chi connectivity index (χ1) is 11.0. The largest absolute Gasteiger partial charge is 0.464 e. The Balaban J connectivity index is 2.25. The van der Waals surface area contributed by atoms with E-state index >= 15 is 0 Å². The number of hydrogen-bond acceptors (Lipinski definition) is 6. The van der Waals surface area contributed by atoms with Gasteiger partial charge in [-0.15, -0.1) is 0 Å². The highest BCUT2D eigenvalue weighted by atomic mass is 35.5. The van der Waals surface area contributed by atoms with Crippen LogP contribution < -0.4 is 15.2 Å². The number of methoxy groups -OCH3 is 1. The second-order valence-electron chi connectivity index (χ2n) is 4.50. The number of nitrogens with zero attached hydrogens (tertiary/aromatic N) is 1. The van der Waals surface area contributed by atoms with Gasteiger partial charge in [-0.05, 0) is 12.1 Å². The fourth-order valence-electron chi connectivity index (χ4n) is 2.09. The van der Waals surface area contributed by atoms with E-state index in [-0.39, 0.29) is 23.9 Å². The van der Waals surface area contributed by atoms with E-state index in [0.717, 1.165) is 7.11 Å². The molecule has 0 atom stereocenters. The lowest BCUT2D eigenvalue weighted by Crippen LogP contribution is -2.10. The van der Waals surface area contributed by atoms with Crippen molar-refractivity contribution in [2.24, 2.45) is 0 Å². The van der Waals surface area contributed by atoms with Crippen LogP contribution in [0, 0.1) is 11.6 Å². The Morgan fingerprint density at radius 1 is 1.35 bits per heavy atom. The van der Waals surface area contributed by atoms with Gasteiger partial charge < -0.3 is 19.9 Å². The molecule has 0 spiro atoms. The number of pyridine rings is 1. The molecule has 0 fully saturated rings. The summed E-state index contributed by atoms with van der Waals surface area (Å²) in [6, 6.07) is 2.63. The van der Waals surface area contributed by atoms with Crippen molar-refractivity contribution in [3.8, 4) is 22.8 Å². The first kappa shape index (κ1) is 15.3. The van der Waals surface area contributed by atoms with E-state index in [0.29, 0.717) is 0 Å². The second kappa shape index (κ2) is 5.54. The van der Waals surface area contributed by atoms with Crippen molar-refractivity contribution in [3.05, 3.63) is 34.5 Å². The van der Waals surface area contributed by atoms with Crippen LogP contribution >= 0.6 is 11.6 Å². The molecule has 3 rings (SSSR count). The maximum Gasteiger partial charge on any atom is 0.358 e. The SMILES string of the molecule is COC(=O)c1nc(-c2ccc3c(c2F)OCO3)c(F)c(N)c1Cl. The smallest absolute Gasteiger partial charge is 0.358 e. The quantitative estimate of drug-likeness (QED) is 0.845. The molecule has 0 radical (unpaired) electrons. The lowest BCUT2D eigenvalue weighted by molar-refractivity contribution is 0.0594. The van der Waals surface area contributed by atoms with Gasteiger partial charge in [0, 0.05) is 5.56 Å². The number of benzene rings is 1. The molecule has 0 aliphatic carbocycles. The topological polar surface area (TPSA) is 83.7 Å². The maximum absolute atomic E-state index is 14.5.